The summed E-state index contributed by atoms with van der Waals surface area (Å²) in [5.74, 6) is 1.15. The van der Waals surface area contributed by atoms with Gasteiger partial charge in [-0.25, -0.2) is 0 Å². The number of aliphatic hydroxyl groups is 1. The zero-order valence-electron chi connectivity index (χ0n) is 6.98. The zero-order valence-corrected chi connectivity index (χ0v) is 6.98. The summed E-state index contributed by atoms with van der Waals surface area (Å²) in [5, 5.41) is 9.43. The van der Waals surface area contributed by atoms with Gasteiger partial charge >= 0.3 is 0 Å². The molecule has 2 saturated heterocycles. The van der Waals surface area contributed by atoms with E-state index in [9.17, 15) is 5.11 Å². The number of ether oxygens (including phenoxy) is 2. The molecule has 3 rings (SSSR count). The summed E-state index contributed by atoms with van der Waals surface area (Å²) in [6.07, 6.45) is 2.32. The molecule has 1 saturated carbocycles. The molecule has 5 atom stereocenters. The highest BCUT2D eigenvalue weighted by Gasteiger charge is 2.51. The van der Waals surface area contributed by atoms with E-state index in [2.05, 4.69) is 0 Å². The Morgan fingerprint density at radius 3 is 2.83 bits per heavy atom. The van der Waals surface area contributed by atoms with Gasteiger partial charge in [0.05, 0.1) is 31.5 Å². The van der Waals surface area contributed by atoms with Crippen molar-refractivity contribution in [3.8, 4) is 0 Å². The molecule has 0 aromatic heterocycles. The second kappa shape index (κ2) is 2.44. The molecule has 3 nitrogen and oxygen atoms in total. The SMILES string of the molecule is OC1CC2OC3COCC3C2C1. The maximum Gasteiger partial charge on any atom is 0.0866 e. The van der Waals surface area contributed by atoms with Crippen LogP contribution in [0, 0.1) is 11.8 Å². The number of fused-ring (bicyclic) bond motifs is 3. The fraction of sp³-hybridized carbons (Fsp3) is 1.00. The van der Waals surface area contributed by atoms with Crippen LogP contribution in [0.1, 0.15) is 12.8 Å². The number of aliphatic hydroxyl groups excluding tert-OH is 1. The highest BCUT2D eigenvalue weighted by Crippen LogP contribution is 2.45. The minimum Gasteiger partial charge on any atom is -0.393 e. The van der Waals surface area contributed by atoms with E-state index < -0.39 is 0 Å². The molecule has 0 aromatic rings. The third-order valence-corrected chi connectivity index (χ3v) is 3.50. The Hall–Kier alpha value is -0.120. The highest BCUT2D eigenvalue weighted by atomic mass is 16.6. The predicted molar refractivity (Wildman–Crippen MR) is 41.7 cm³/mol. The summed E-state index contributed by atoms with van der Waals surface area (Å²) in [4.78, 5) is 0. The second-order valence-electron chi connectivity index (χ2n) is 4.20. The molecule has 2 aliphatic heterocycles. The Morgan fingerprint density at radius 1 is 1.00 bits per heavy atom. The molecule has 0 aromatic carbocycles. The molecule has 3 aliphatic rings. The molecule has 0 spiro atoms. The summed E-state index contributed by atoms with van der Waals surface area (Å²) in [5.41, 5.74) is 0. The number of hydrogen-bond acceptors (Lipinski definition) is 3. The maximum absolute atomic E-state index is 9.43. The first-order valence-corrected chi connectivity index (χ1v) is 4.76. The van der Waals surface area contributed by atoms with Crippen LogP contribution in [0.5, 0.6) is 0 Å². The Morgan fingerprint density at radius 2 is 1.92 bits per heavy atom. The predicted octanol–water partition coefficient (Wildman–Crippen LogP) is 0.171. The van der Waals surface area contributed by atoms with Crippen molar-refractivity contribution in [1.29, 1.82) is 0 Å². The van der Waals surface area contributed by atoms with Crippen molar-refractivity contribution in [1.82, 2.24) is 0 Å². The molecular formula is C9H14O3. The first-order chi connectivity index (χ1) is 5.84. The van der Waals surface area contributed by atoms with Gasteiger partial charge in [0.2, 0.25) is 0 Å². The fourth-order valence-corrected chi connectivity index (χ4v) is 2.93. The van der Waals surface area contributed by atoms with Gasteiger partial charge in [0.1, 0.15) is 0 Å². The molecule has 5 unspecified atom stereocenters. The first-order valence-electron chi connectivity index (χ1n) is 4.76. The van der Waals surface area contributed by atoms with Crippen molar-refractivity contribution in [2.24, 2.45) is 11.8 Å². The highest BCUT2D eigenvalue weighted by molar-refractivity contribution is 4.98. The van der Waals surface area contributed by atoms with Crippen molar-refractivity contribution in [3.05, 3.63) is 0 Å². The molecule has 3 fully saturated rings. The molecule has 0 radical (unpaired) electrons. The Kier molecular flexibility index (Phi) is 1.48. The molecule has 3 heteroatoms. The largest absolute Gasteiger partial charge is 0.393 e. The lowest BCUT2D eigenvalue weighted by atomic mass is 9.90. The van der Waals surface area contributed by atoms with Crippen LogP contribution in [0.15, 0.2) is 0 Å². The van der Waals surface area contributed by atoms with E-state index in [-0.39, 0.29) is 6.10 Å². The lowest BCUT2D eigenvalue weighted by Gasteiger charge is -2.11. The molecule has 2 heterocycles. The maximum atomic E-state index is 9.43. The van der Waals surface area contributed by atoms with E-state index >= 15 is 0 Å². The molecule has 12 heavy (non-hydrogen) atoms. The summed E-state index contributed by atoms with van der Waals surface area (Å²) in [7, 11) is 0. The lowest BCUT2D eigenvalue weighted by Crippen LogP contribution is -2.19. The van der Waals surface area contributed by atoms with Crippen molar-refractivity contribution >= 4 is 0 Å². The summed E-state index contributed by atoms with van der Waals surface area (Å²) >= 11 is 0. The molecule has 1 N–H and O–H groups in total. The molecule has 0 amide bonds. The van der Waals surface area contributed by atoms with Gasteiger partial charge in [-0.3, -0.25) is 0 Å². The van der Waals surface area contributed by atoms with Gasteiger partial charge in [0.25, 0.3) is 0 Å². The Bertz CT molecular complexity index is 194. The molecule has 1 aliphatic carbocycles. The van der Waals surface area contributed by atoms with Crippen LogP contribution < -0.4 is 0 Å². The van der Waals surface area contributed by atoms with Crippen LogP contribution in [-0.4, -0.2) is 36.6 Å². The van der Waals surface area contributed by atoms with E-state index in [0.717, 1.165) is 26.1 Å². The summed E-state index contributed by atoms with van der Waals surface area (Å²) in [6.45, 7) is 1.62. The van der Waals surface area contributed by atoms with Crippen LogP contribution in [-0.2, 0) is 9.47 Å². The van der Waals surface area contributed by atoms with Crippen LogP contribution in [0.4, 0.5) is 0 Å². The minimum atomic E-state index is -0.124. The smallest absolute Gasteiger partial charge is 0.0866 e. The van der Waals surface area contributed by atoms with E-state index in [1.54, 1.807) is 0 Å². The average Bonchev–Trinajstić information content (AvgIpc) is 2.59. The van der Waals surface area contributed by atoms with Crippen LogP contribution in [0.3, 0.4) is 0 Å². The van der Waals surface area contributed by atoms with Crippen LogP contribution in [0.2, 0.25) is 0 Å². The van der Waals surface area contributed by atoms with Crippen molar-refractivity contribution in [2.75, 3.05) is 13.2 Å². The van der Waals surface area contributed by atoms with Gasteiger partial charge in [-0.1, -0.05) is 0 Å². The quantitative estimate of drug-likeness (QED) is 0.563. The summed E-state index contributed by atoms with van der Waals surface area (Å²) in [6, 6.07) is 0. The van der Waals surface area contributed by atoms with Gasteiger partial charge in [-0.15, -0.1) is 0 Å². The Balaban J connectivity index is 1.80. The van der Waals surface area contributed by atoms with Gasteiger partial charge in [-0.05, 0) is 18.8 Å². The van der Waals surface area contributed by atoms with Gasteiger partial charge < -0.3 is 14.6 Å². The second-order valence-corrected chi connectivity index (χ2v) is 4.20. The van der Waals surface area contributed by atoms with E-state index in [4.69, 9.17) is 9.47 Å². The molecular weight excluding hydrogens is 156 g/mol. The topological polar surface area (TPSA) is 38.7 Å². The van der Waals surface area contributed by atoms with E-state index in [1.165, 1.54) is 0 Å². The monoisotopic (exact) mass is 170 g/mol. The number of rotatable bonds is 0. The Labute approximate surface area is 71.7 Å². The van der Waals surface area contributed by atoms with Gasteiger partial charge in [-0.2, -0.15) is 0 Å². The number of hydrogen-bond donors (Lipinski definition) is 1. The fourth-order valence-electron chi connectivity index (χ4n) is 2.93. The van der Waals surface area contributed by atoms with Gasteiger partial charge in [0.15, 0.2) is 0 Å². The zero-order chi connectivity index (χ0) is 8.13. The normalized spacial score (nSPS) is 57.2. The average molecular weight is 170 g/mol. The van der Waals surface area contributed by atoms with Crippen molar-refractivity contribution in [3.63, 3.8) is 0 Å². The van der Waals surface area contributed by atoms with E-state index in [0.29, 0.717) is 24.0 Å². The third kappa shape index (κ3) is 0.873. The third-order valence-electron chi connectivity index (χ3n) is 3.50. The van der Waals surface area contributed by atoms with Gasteiger partial charge in [0, 0.05) is 5.92 Å². The van der Waals surface area contributed by atoms with Crippen molar-refractivity contribution in [2.45, 2.75) is 31.2 Å². The molecule has 68 valence electrons. The standard InChI is InChI=1S/C9H14O3/c10-5-1-6-7-3-11-4-9(7)12-8(6)2-5/h5-10H,1-4H2. The summed E-state index contributed by atoms with van der Waals surface area (Å²) < 4.78 is 11.1. The van der Waals surface area contributed by atoms with Crippen molar-refractivity contribution < 1.29 is 14.6 Å². The van der Waals surface area contributed by atoms with Crippen LogP contribution >= 0.6 is 0 Å². The molecule has 0 bridgehead atoms. The minimum absolute atomic E-state index is 0.124. The lowest BCUT2D eigenvalue weighted by molar-refractivity contribution is 0.00789. The first kappa shape index (κ1) is 7.30. The van der Waals surface area contributed by atoms with Crippen LogP contribution in [0.25, 0.3) is 0 Å². The van der Waals surface area contributed by atoms with E-state index in [1.807, 2.05) is 0 Å².